The number of carbonyl (C=O) groups is 1. The van der Waals surface area contributed by atoms with Gasteiger partial charge in [0, 0.05) is 70.6 Å². The third kappa shape index (κ3) is 10.1. The molecule has 202 valence electrons. The van der Waals surface area contributed by atoms with E-state index >= 15 is 0 Å². The Morgan fingerprint density at radius 2 is 1.87 bits per heavy atom. The molecule has 0 saturated heterocycles. The number of carboxylic acid groups (broad SMARTS) is 1. The maximum absolute atomic E-state index is 10.5. The summed E-state index contributed by atoms with van der Waals surface area (Å²) >= 11 is 3.71. The topological polar surface area (TPSA) is 81.0 Å². The predicted octanol–water partition coefficient (Wildman–Crippen LogP) is 3.39. The van der Waals surface area contributed by atoms with Gasteiger partial charge < -0.3 is 14.8 Å². The van der Waals surface area contributed by atoms with E-state index in [1.54, 1.807) is 0 Å². The quantitative estimate of drug-likeness (QED) is 0.182. The maximum atomic E-state index is 10.5. The van der Waals surface area contributed by atoms with Crippen molar-refractivity contribution in [2.75, 3.05) is 18.6 Å². The van der Waals surface area contributed by atoms with Gasteiger partial charge in [0.05, 0.1) is 0 Å². The monoisotopic (exact) mass is 572 g/mol. The molecule has 0 spiro atoms. The molecule has 0 saturated carbocycles. The van der Waals surface area contributed by atoms with Crippen molar-refractivity contribution in [3.8, 4) is 0 Å². The molecule has 0 radical (unpaired) electrons. The van der Waals surface area contributed by atoms with Crippen LogP contribution in [0.15, 0.2) is 73.8 Å². The summed E-state index contributed by atoms with van der Waals surface area (Å²) in [5.41, 5.74) is 4.54. The third-order valence-electron chi connectivity index (χ3n) is 6.56. The van der Waals surface area contributed by atoms with Crippen LogP contribution in [0.3, 0.4) is 0 Å². The van der Waals surface area contributed by atoms with Crippen molar-refractivity contribution in [2.24, 2.45) is 9.98 Å². The molecule has 6 nitrogen and oxygen atoms in total. The first kappa shape index (κ1) is 31.9. The van der Waals surface area contributed by atoms with Gasteiger partial charge in [0.1, 0.15) is 5.84 Å². The summed E-state index contributed by atoms with van der Waals surface area (Å²) in [6, 6.07) is 2.25. The number of likely N-dealkylation sites (N-methyl/N-ethyl adjacent to an activating group) is 1. The number of hydrogen-bond donors (Lipinski definition) is 0. The maximum Gasteiger partial charge on any atom is 1.00 e. The van der Waals surface area contributed by atoms with E-state index < -0.39 is 5.97 Å². The molecule has 0 amide bonds. The molecular formula is C30H37N4NaO2S2. The summed E-state index contributed by atoms with van der Waals surface area (Å²) in [5.74, 6) is 3.03. The number of fused-ring (bicyclic) bond motifs is 2. The molecule has 0 atom stereocenters. The molecule has 0 bridgehead atoms. The second-order valence-electron chi connectivity index (χ2n) is 9.82. The number of carbonyl (C=O) groups excluding carboxylic acids is 1. The van der Waals surface area contributed by atoms with Gasteiger partial charge in [-0.2, -0.15) is 0 Å². The standard InChI is InChI=1S/C30H38N4O2S2.Na/c1-3-4-5-8-14-37-26-18-22-16-24(32-29(22)31-20-26)11-10-12-25-17-23-19-27(21-34(2)30(23)33-25)38-15-9-6-7-13-28(35)36;/h10-12,18-21H,3-9,13-17H2,1-2H3,(H,35,36);/q;+1/p-1/b11-10+,25-12+;. The summed E-state index contributed by atoms with van der Waals surface area (Å²) in [7, 11) is 2.04. The fourth-order valence-corrected chi connectivity index (χ4v) is 6.54. The minimum atomic E-state index is -0.958. The number of pyridine rings is 1. The molecule has 4 rings (SSSR count). The van der Waals surface area contributed by atoms with Crippen LogP contribution >= 0.6 is 23.5 Å². The van der Waals surface area contributed by atoms with Gasteiger partial charge in [0.15, 0.2) is 5.82 Å². The molecule has 1 aromatic rings. The number of amidine groups is 1. The zero-order valence-electron chi connectivity index (χ0n) is 23.4. The number of allylic oxidation sites excluding steroid dienone is 5. The largest absolute Gasteiger partial charge is 1.00 e. The number of carboxylic acids is 1. The van der Waals surface area contributed by atoms with Crippen LogP contribution in [0.1, 0.15) is 70.3 Å². The first-order chi connectivity index (χ1) is 18.5. The van der Waals surface area contributed by atoms with Gasteiger partial charge in [0.25, 0.3) is 0 Å². The summed E-state index contributed by atoms with van der Waals surface area (Å²) < 4.78 is 0. The van der Waals surface area contributed by atoms with Crippen LogP contribution in [0.5, 0.6) is 0 Å². The summed E-state index contributed by atoms with van der Waals surface area (Å²) in [4.78, 5) is 29.2. The van der Waals surface area contributed by atoms with Crippen molar-refractivity contribution in [1.82, 2.24) is 9.88 Å². The Morgan fingerprint density at radius 1 is 1.08 bits per heavy atom. The van der Waals surface area contributed by atoms with Gasteiger partial charge in [0.2, 0.25) is 0 Å². The fraction of sp³-hybridized carbons (Fsp3) is 0.467. The average molecular weight is 573 g/mol. The van der Waals surface area contributed by atoms with Gasteiger partial charge >= 0.3 is 29.6 Å². The number of nitrogens with zero attached hydrogens (tertiary/aromatic N) is 4. The summed E-state index contributed by atoms with van der Waals surface area (Å²) in [6.07, 6.45) is 22.1. The summed E-state index contributed by atoms with van der Waals surface area (Å²) in [6.45, 7) is 2.24. The zero-order chi connectivity index (χ0) is 26.7. The van der Waals surface area contributed by atoms with E-state index in [0.29, 0.717) is 6.42 Å². The van der Waals surface area contributed by atoms with E-state index in [-0.39, 0.29) is 36.0 Å². The summed E-state index contributed by atoms with van der Waals surface area (Å²) in [5, 5.41) is 10.5. The number of rotatable bonds is 15. The smallest absolute Gasteiger partial charge is 0.550 e. The van der Waals surface area contributed by atoms with Crippen LogP contribution in [0, 0.1) is 0 Å². The minimum Gasteiger partial charge on any atom is -0.550 e. The van der Waals surface area contributed by atoms with E-state index in [9.17, 15) is 9.90 Å². The van der Waals surface area contributed by atoms with Gasteiger partial charge in [-0.05, 0) is 61.5 Å². The second-order valence-corrected chi connectivity index (χ2v) is 12.2. The van der Waals surface area contributed by atoms with E-state index in [2.05, 4.69) is 53.4 Å². The molecule has 0 N–H and O–H groups in total. The third-order valence-corrected chi connectivity index (χ3v) is 8.66. The second kappa shape index (κ2) is 16.6. The van der Waals surface area contributed by atoms with E-state index in [4.69, 9.17) is 9.98 Å². The Balaban J connectivity index is 0.00000420. The van der Waals surface area contributed by atoms with Gasteiger partial charge in [-0.25, -0.2) is 15.0 Å². The fourth-order valence-electron chi connectivity index (χ4n) is 4.56. The number of aromatic nitrogens is 1. The molecular weight excluding hydrogens is 535 g/mol. The van der Waals surface area contributed by atoms with Crippen LogP contribution in [0.25, 0.3) is 0 Å². The molecule has 9 heteroatoms. The Kier molecular flexibility index (Phi) is 13.6. The Morgan fingerprint density at radius 3 is 2.67 bits per heavy atom. The molecule has 0 aliphatic carbocycles. The molecule has 3 aliphatic heterocycles. The molecule has 39 heavy (non-hydrogen) atoms. The van der Waals surface area contributed by atoms with Crippen molar-refractivity contribution in [3.63, 3.8) is 0 Å². The number of aliphatic imine (C=N–C) groups is 2. The first-order valence-corrected chi connectivity index (χ1v) is 15.6. The Hall–Kier alpha value is -1.58. The van der Waals surface area contributed by atoms with Crippen molar-refractivity contribution in [2.45, 2.75) is 76.0 Å². The molecule has 0 unspecified atom stereocenters. The van der Waals surface area contributed by atoms with Crippen molar-refractivity contribution in [3.05, 3.63) is 64.5 Å². The average Bonchev–Trinajstić information content (AvgIpc) is 3.49. The van der Waals surface area contributed by atoms with Crippen molar-refractivity contribution < 1.29 is 39.5 Å². The molecule has 3 aliphatic rings. The van der Waals surface area contributed by atoms with Gasteiger partial charge in [-0.3, -0.25) is 0 Å². The Labute approximate surface area is 263 Å². The predicted molar refractivity (Wildman–Crippen MR) is 159 cm³/mol. The number of hydrogen-bond acceptors (Lipinski definition) is 8. The van der Waals surface area contributed by atoms with Crippen LogP contribution in [0.4, 0.5) is 5.82 Å². The normalized spacial score (nSPS) is 17.0. The zero-order valence-corrected chi connectivity index (χ0v) is 27.1. The van der Waals surface area contributed by atoms with Crippen LogP contribution < -0.4 is 34.7 Å². The molecule has 1 aromatic heterocycles. The minimum absolute atomic E-state index is 0. The first-order valence-electron chi connectivity index (χ1n) is 13.7. The molecule has 0 fully saturated rings. The van der Waals surface area contributed by atoms with E-state index in [1.165, 1.54) is 46.6 Å². The molecule has 4 heterocycles. The Bertz CT molecular complexity index is 1200. The van der Waals surface area contributed by atoms with Crippen molar-refractivity contribution in [1.29, 1.82) is 0 Å². The van der Waals surface area contributed by atoms with E-state index in [0.717, 1.165) is 60.3 Å². The van der Waals surface area contributed by atoms with Gasteiger partial charge in [-0.15, -0.1) is 23.5 Å². The van der Waals surface area contributed by atoms with Crippen LogP contribution in [-0.2, 0) is 11.2 Å². The SMILES string of the molecule is CCCCCCSc1cnc2c(c1)CC(/C=C/C=C1\CC3=CC(SCCCCCC(=O)[O-])=CN(C)C3=N1)=N2.[Na+]. The number of aliphatic carboxylic acids is 1. The number of thioether (sulfide) groups is 2. The van der Waals surface area contributed by atoms with E-state index in [1.807, 2.05) is 36.8 Å². The van der Waals surface area contributed by atoms with Crippen molar-refractivity contribution >= 4 is 46.9 Å². The van der Waals surface area contributed by atoms with Crippen LogP contribution in [-0.4, -0.2) is 46.0 Å². The molecule has 0 aromatic carbocycles. The number of unbranched alkanes of at least 4 members (excludes halogenated alkanes) is 5. The van der Waals surface area contributed by atoms with Crippen LogP contribution in [0.2, 0.25) is 0 Å². The van der Waals surface area contributed by atoms with Gasteiger partial charge in [-0.1, -0.05) is 38.7 Å².